The highest BCUT2D eigenvalue weighted by molar-refractivity contribution is 6.05. The molecule has 0 aliphatic heterocycles. The van der Waals surface area contributed by atoms with Crippen molar-refractivity contribution < 1.29 is 40.3 Å². The van der Waals surface area contributed by atoms with Crippen molar-refractivity contribution in [3.05, 3.63) is 63.7 Å². The Kier molecular flexibility index (Phi) is 6.93. The number of nitrogens with one attached hydrogen (secondary N) is 1. The summed E-state index contributed by atoms with van der Waals surface area (Å²) < 4.78 is 93.8. The fourth-order valence-electron chi connectivity index (χ4n) is 4.49. The molecule has 1 aliphatic rings. The van der Waals surface area contributed by atoms with Crippen LogP contribution in [0, 0.1) is 6.92 Å². The van der Waals surface area contributed by atoms with Gasteiger partial charge in [0.25, 0.3) is 5.91 Å². The number of benzene rings is 2. The Morgan fingerprint density at radius 1 is 1.03 bits per heavy atom. The number of hydrogen-bond acceptors (Lipinski definition) is 2. The molecule has 11 heteroatoms. The fourth-order valence-corrected chi connectivity index (χ4v) is 4.49. The van der Waals surface area contributed by atoms with Gasteiger partial charge in [0.2, 0.25) is 5.91 Å². The number of primary amides is 1. The van der Waals surface area contributed by atoms with Gasteiger partial charge in [-0.15, -0.1) is 0 Å². The summed E-state index contributed by atoms with van der Waals surface area (Å²) in [6.07, 6.45) is -11.0. The number of rotatable bonds is 6. The van der Waals surface area contributed by atoms with Crippen LogP contribution in [0.25, 0.3) is 0 Å². The fraction of sp³-hybridized carbons (Fsp3) is 0.417. The third-order valence-electron chi connectivity index (χ3n) is 6.27. The van der Waals surface area contributed by atoms with E-state index in [4.69, 9.17) is 5.73 Å². The molecule has 0 fully saturated rings. The quantitative estimate of drug-likeness (QED) is 0.474. The van der Waals surface area contributed by atoms with Crippen LogP contribution in [0.4, 0.5) is 36.4 Å². The number of alkyl halides is 7. The molecule has 1 aliphatic carbocycles. The Morgan fingerprint density at radius 2 is 1.66 bits per heavy atom. The highest BCUT2D eigenvalue weighted by Crippen LogP contribution is 2.54. The molecule has 1 unspecified atom stereocenters. The molecule has 2 aromatic carbocycles. The van der Waals surface area contributed by atoms with E-state index < -0.39 is 35.4 Å². The van der Waals surface area contributed by atoms with Crippen molar-refractivity contribution in [3.63, 3.8) is 0 Å². The zero-order valence-electron chi connectivity index (χ0n) is 18.8. The molecule has 2 aromatic rings. The summed E-state index contributed by atoms with van der Waals surface area (Å²) in [5, 5.41) is 2.54. The van der Waals surface area contributed by atoms with Crippen molar-refractivity contribution in [3.8, 4) is 0 Å². The molecule has 0 saturated carbocycles. The lowest BCUT2D eigenvalue weighted by Crippen LogP contribution is -2.50. The summed E-state index contributed by atoms with van der Waals surface area (Å²) in [5.74, 6) is -1.12. The maximum Gasteiger partial charge on any atom is 0.435 e. The number of hydrogen-bond donors (Lipinski definition) is 2. The monoisotopic (exact) mass is 504 g/mol. The first-order valence-electron chi connectivity index (χ1n) is 10.8. The summed E-state index contributed by atoms with van der Waals surface area (Å²) >= 11 is 0. The zero-order valence-corrected chi connectivity index (χ0v) is 18.8. The minimum absolute atomic E-state index is 0.0139. The molecule has 1 atom stereocenters. The maximum atomic E-state index is 14.6. The number of aryl methyl sites for hydroxylation is 3. The van der Waals surface area contributed by atoms with Crippen LogP contribution < -0.4 is 11.1 Å². The van der Waals surface area contributed by atoms with Crippen LogP contribution in [0.2, 0.25) is 0 Å². The van der Waals surface area contributed by atoms with Gasteiger partial charge in [0.1, 0.15) is 0 Å². The van der Waals surface area contributed by atoms with Crippen LogP contribution in [0.3, 0.4) is 0 Å². The zero-order chi connectivity index (χ0) is 26.3. The Labute approximate surface area is 196 Å². The van der Waals surface area contributed by atoms with Gasteiger partial charge in [-0.25, -0.2) is 4.39 Å². The van der Waals surface area contributed by atoms with Gasteiger partial charge in [-0.3, -0.25) is 9.59 Å². The van der Waals surface area contributed by atoms with Crippen LogP contribution in [-0.2, 0) is 23.3 Å². The summed E-state index contributed by atoms with van der Waals surface area (Å²) in [7, 11) is 0. The predicted octanol–water partition coefficient (Wildman–Crippen LogP) is 6.00. The first kappa shape index (κ1) is 26.5. The summed E-state index contributed by atoms with van der Waals surface area (Å²) in [5.41, 5.74) is -0.124. The van der Waals surface area contributed by atoms with E-state index in [2.05, 4.69) is 5.32 Å². The molecule has 4 nitrogen and oxygen atoms in total. The topological polar surface area (TPSA) is 72.2 Å². The molecular weight excluding hydrogens is 481 g/mol. The minimum Gasteiger partial charge on any atom is -0.370 e. The summed E-state index contributed by atoms with van der Waals surface area (Å²) in [4.78, 5) is 24.1. The third-order valence-corrected chi connectivity index (χ3v) is 6.27. The lowest BCUT2D eigenvalue weighted by atomic mass is 9.89. The number of amides is 2. The van der Waals surface area contributed by atoms with Gasteiger partial charge in [-0.1, -0.05) is 19.1 Å². The third kappa shape index (κ3) is 4.85. The van der Waals surface area contributed by atoms with Gasteiger partial charge in [0, 0.05) is 23.2 Å². The van der Waals surface area contributed by atoms with E-state index >= 15 is 0 Å². The normalized spacial score (nSPS) is 16.2. The van der Waals surface area contributed by atoms with Crippen molar-refractivity contribution >= 4 is 17.5 Å². The van der Waals surface area contributed by atoms with Crippen LogP contribution in [-0.4, -0.2) is 24.2 Å². The van der Waals surface area contributed by atoms with Gasteiger partial charge in [-0.2, -0.15) is 26.3 Å². The predicted molar refractivity (Wildman–Crippen MR) is 115 cm³/mol. The molecule has 0 bridgehead atoms. The highest BCUT2D eigenvalue weighted by Gasteiger charge is 2.73. The van der Waals surface area contributed by atoms with Crippen LogP contribution in [0.5, 0.6) is 0 Å². The number of carbonyl (C=O) groups is 2. The lowest BCUT2D eigenvalue weighted by Gasteiger charge is -2.31. The van der Waals surface area contributed by atoms with Crippen molar-refractivity contribution in [2.24, 2.45) is 5.73 Å². The molecule has 0 spiro atoms. The summed E-state index contributed by atoms with van der Waals surface area (Å²) in [6.45, 7) is 2.66. The molecule has 0 saturated heterocycles. The number of halogens is 7. The number of carbonyl (C=O) groups excluding carboxylic acids is 2. The van der Waals surface area contributed by atoms with E-state index in [0.29, 0.717) is 25.0 Å². The van der Waals surface area contributed by atoms with Gasteiger partial charge in [0.05, 0.1) is 0 Å². The number of nitrogens with two attached hydrogens (primary N) is 1. The molecule has 0 aromatic heterocycles. The smallest absolute Gasteiger partial charge is 0.370 e. The van der Waals surface area contributed by atoms with Crippen LogP contribution >= 0.6 is 0 Å². The average molecular weight is 504 g/mol. The van der Waals surface area contributed by atoms with Gasteiger partial charge in [0.15, 0.2) is 0 Å². The number of fused-ring (bicyclic) bond motifs is 1. The van der Waals surface area contributed by atoms with E-state index in [9.17, 15) is 40.3 Å². The molecule has 3 rings (SSSR count). The first-order valence-corrected chi connectivity index (χ1v) is 10.8. The van der Waals surface area contributed by atoms with Gasteiger partial charge >= 0.3 is 18.0 Å². The van der Waals surface area contributed by atoms with Crippen LogP contribution in [0.1, 0.15) is 63.9 Å². The van der Waals surface area contributed by atoms with E-state index in [1.807, 2.05) is 0 Å². The molecule has 2 amide bonds. The standard InChI is InChI=1S/C24H23F7N2O2/c1-3-13-10-17(22(25,23(26,27)28)24(29,30)31)8-12(2)20(13)33-21(35)16-6-7-18-14(9-16)4-5-15(18)11-19(32)34/h6-10,15H,3-5,11H2,1-2H3,(H2,32,34)(H,33,35). The first-order chi connectivity index (χ1) is 16.1. The SMILES string of the molecule is CCc1cc(C(F)(C(F)(F)F)C(F)(F)F)cc(C)c1NC(=O)c1ccc2c(c1)CCC2CC(N)=O. The van der Waals surface area contributed by atoms with E-state index in [1.165, 1.54) is 19.9 Å². The summed E-state index contributed by atoms with van der Waals surface area (Å²) in [6, 6.07) is 5.78. The second kappa shape index (κ2) is 9.16. The van der Waals surface area contributed by atoms with Crippen LogP contribution in [0.15, 0.2) is 30.3 Å². The molecule has 3 N–H and O–H groups in total. The highest BCUT2D eigenvalue weighted by atomic mass is 19.4. The average Bonchev–Trinajstić information content (AvgIpc) is 3.13. The molecule has 0 heterocycles. The molecule has 0 radical (unpaired) electrons. The Bertz CT molecular complexity index is 1140. The van der Waals surface area contributed by atoms with Gasteiger partial charge in [-0.05, 0) is 72.6 Å². The van der Waals surface area contributed by atoms with Crippen molar-refractivity contribution in [2.75, 3.05) is 5.32 Å². The lowest BCUT2D eigenvalue weighted by molar-refractivity contribution is -0.348. The number of anilines is 1. The second-order valence-electron chi connectivity index (χ2n) is 8.61. The minimum atomic E-state index is -6.23. The van der Waals surface area contributed by atoms with Crippen molar-refractivity contribution in [2.45, 2.75) is 63.5 Å². The van der Waals surface area contributed by atoms with Gasteiger partial charge < -0.3 is 11.1 Å². The molecular formula is C24H23F7N2O2. The Morgan fingerprint density at radius 3 is 2.20 bits per heavy atom. The van der Waals surface area contributed by atoms with Crippen molar-refractivity contribution in [1.82, 2.24) is 0 Å². The van der Waals surface area contributed by atoms with E-state index in [1.54, 1.807) is 12.1 Å². The molecule has 35 heavy (non-hydrogen) atoms. The molecule has 190 valence electrons. The van der Waals surface area contributed by atoms with Crippen molar-refractivity contribution in [1.29, 1.82) is 0 Å². The van der Waals surface area contributed by atoms with E-state index in [-0.39, 0.29) is 41.1 Å². The second-order valence-corrected chi connectivity index (χ2v) is 8.61. The van der Waals surface area contributed by atoms with E-state index in [0.717, 1.165) is 11.1 Å². The maximum absolute atomic E-state index is 14.6. The largest absolute Gasteiger partial charge is 0.435 e. The Balaban J connectivity index is 1.95. The Hall–Kier alpha value is -3.11.